The summed E-state index contributed by atoms with van der Waals surface area (Å²) in [6, 6.07) is 17.2. The average molecular weight is 347 g/mol. The molecule has 6 heteroatoms. The lowest BCUT2D eigenvalue weighted by atomic mass is 10.1. The van der Waals surface area contributed by atoms with E-state index in [0.717, 1.165) is 16.7 Å². The fourth-order valence-corrected chi connectivity index (χ4v) is 2.65. The number of hydrogen-bond acceptors (Lipinski definition) is 3. The summed E-state index contributed by atoms with van der Waals surface area (Å²) in [6.07, 6.45) is 4.26. The van der Waals surface area contributed by atoms with Gasteiger partial charge in [0.05, 0.1) is 6.20 Å². The van der Waals surface area contributed by atoms with Crippen molar-refractivity contribution >= 4 is 17.6 Å². The maximum absolute atomic E-state index is 12.5. The Labute approximate surface area is 152 Å². The minimum Gasteiger partial charge on any atom is -0.308 e. The van der Waals surface area contributed by atoms with Gasteiger partial charge in [-0.25, -0.2) is 4.79 Å². The Kier molecular flexibility index (Phi) is 5.43. The van der Waals surface area contributed by atoms with Crippen molar-refractivity contribution < 1.29 is 4.79 Å². The van der Waals surface area contributed by atoms with E-state index in [1.165, 1.54) is 4.90 Å². The zero-order valence-corrected chi connectivity index (χ0v) is 14.6. The second kappa shape index (κ2) is 8.11. The van der Waals surface area contributed by atoms with Crippen molar-refractivity contribution in [3.63, 3.8) is 0 Å². The number of anilines is 1. The number of carbonyl (C=O) groups excluding carboxylic acids is 1. The maximum Gasteiger partial charge on any atom is 0.327 e. The molecule has 6 nitrogen and oxygen atoms in total. The zero-order valence-electron chi connectivity index (χ0n) is 14.6. The Balaban J connectivity index is 1.63. The minimum absolute atomic E-state index is 0.216. The lowest BCUT2D eigenvalue weighted by Gasteiger charge is -2.22. The van der Waals surface area contributed by atoms with Crippen LogP contribution >= 0.6 is 0 Å². The van der Waals surface area contributed by atoms with Gasteiger partial charge in [0.15, 0.2) is 0 Å². The van der Waals surface area contributed by atoms with Gasteiger partial charge in [-0.3, -0.25) is 15.4 Å². The highest BCUT2D eigenvalue weighted by Gasteiger charge is 2.15. The molecule has 0 saturated heterocycles. The fourth-order valence-electron chi connectivity index (χ4n) is 2.65. The highest BCUT2D eigenvalue weighted by molar-refractivity contribution is 6.01. The summed E-state index contributed by atoms with van der Waals surface area (Å²) >= 11 is 0. The van der Waals surface area contributed by atoms with Gasteiger partial charge in [0.1, 0.15) is 5.84 Å². The van der Waals surface area contributed by atoms with Crippen molar-refractivity contribution in [2.24, 2.45) is 0 Å². The number of carbonyl (C=O) groups is 1. The number of rotatable bonds is 5. The predicted octanol–water partition coefficient (Wildman–Crippen LogP) is 4.15. The van der Waals surface area contributed by atoms with Crippen LogP contribution in [0.25, 0.3) is 11.1 Å². The van der Waals surface area contributed by atoms with Crippen LogP contribution in [-0.2, 0) is 6.42 Å². The smallest absolute Gasteiger partial charge is 0.308 e. The van der Waals surface area contributed by atoms with Crippen LogP contribution in [0.1, 0.15) is 12.5 Å². The first-order valence-electron chi connectivity index (χ1n) is 8.40. The van der Waals surface area contributed by atoms with E-state index in [0.29, 0.717) is 18.7 Å². The number of aromatic nitrogens is 2. The van der Waals surface area contributed by atoms with Gasteiger partial charge in [0.2, 0.25) is 0 Å². The first kappa shape index (κ1) is 17.4. The normalized spacial score (nSPS) is 10.3. The molecule has 0 radical (unpaired) electrons. The van der Waals surface area contributed by atoms with Crippen molar-refractivity contribution in [3.8, 4) is 11.1 Å². The molecule has 132 valence electrons. The molecule has 3 aromatic rings. The molecule has 0 saturated carbocycles. The van der Waals surface area contributed by atoms with Crippen molar-refractivity contribution in [1.82, 2.24) is 15.1 Å². The molecule has 2 amide bonds. The number of nitrogens with zero attached hydrogens (tertiary/aromatic N) is 2. The van der Waals surface area contributed by atoms with Crippen LogP contribution < -0.4 is 5.32 Å². The van der Waals surface area contributed by atoms with Gasteiger partial charge >= 0.3 is 6.03 Å². The lowest BCUT2D eigenvalue weighted by molar-refractivity contribution is 0.233. The number of urea groups is 1. The minimum atomic E-state index is -0.301. The molecule has 3 N–H and O–H groups in total. The monoisotopic (exact) mass is 347 g/mol. The molecule has 0 unspecified atom stereocenters. The van der Waals surface area contributed by atoms with Gasteiger partial charge in [0.25, 0.3) is 0 Å². The van der Waals surface area contributed by atoms with Gasteiger partial charge < -0.3 is 5.32 Å². The molecule has 1 heterocycles. The van der Waals surface area contributed by atoms with Gasteiger partial charge in [-0.1, -0.05) is 42.5 Å². The third-order valence-electron chi connectivity index (χ3n) is 4.08. The second-order valence-corrected chi connectivity index (χ2v) is 5.97. The van der Waals surface area contributed by atoms with Crippen LogP contribution in [0.2, 0.25) is 0 Å². The Morgan fingerprint density at radius 1 is 1.12 bits per heavy atom. The molecule has 0 atom stereocenters. The summed E-state index contributed by atoms with van der Waals surface area (Å²) < 4.78 is 0. The molecule has 3 rings (SSSR count). The van der Waals surface area contributed by atoms with E-state index < -0.39 is 0 Å². The Hall–Kier alpha value is -3.41. The van der Waals surface area contributed by atoms with E-state index in [1.54, 1.807) is 13.1 Å². The summed E-state index contributed by atoms with van der Waals surface area (Å²) in [6.45, 7) is 2.07. The summed E-state index contributed by atoms with van der Waals surface area (Å²) in [5, 5.41) is 17.5. The van der Waals surface area contributed by atoms with Gasteiger partial charge in [-0.2, -0.15) is 5.10 Å². The number of aromatic amines is 1. The van der Waals surface area contributed by atoms with E-state index in [9.17, 15) is 4.79 Å². The molecular weight excluding hydrogens is 326 g/mol. The SMILES string of the molecule is CC(=N)N(CCc1ccccc1)C(=O)Nc1ccc(-c2cn[nH]c2)cc1. The van der Waals surface area contributed by atoms with E-state index in [2.05, 4.69) is 15.5 Å². The van der Waals surface area contributed by atoms with Crippen LogP contribution in [0.15, 0.2) is 67.0 Å². The van der Waals surface area contributed by atoms with Crippen molar-refractivity contribution in [2.45, 2.75) is 13.3 Å². The van der Waals surface area contributed by atoms with Crippen LogP contribution in [0, 0.1) is 5.41 Å². The highest BCUT2D eigenvalue weighted by Crippen LogP contribution is 2.20. The quantitative estimate of drug-likeness (QED) is 0.478. The van der Waals surface area contributed by atoms with E-state index >= 15 is 0 Å². The molecule has 0 aliphatic heterocycles. The molecular formula is C20H21N5O. The lowest BCUT2D eigenvalue weighted by Crippen LogP contribution is -2.39. The van der Waals surface area contributed by atoms with E-state index in [1.807, 2.05) is 60.8 Å². The van der Waals surface area contributed by atoms with Gasteiger partial charge in [-0.15, -0.1) is 0 Å². The molecule has 26 heavy (non-hydrogen) atoms. The fraction of sp³-hybridized carbons (Fsp3) is 0.150. The van der Waals surface area contributed by atoms with Gasteiger partial charge in [0, 0.05) is 24.0 Å². The maximum atomic E-state index is 12.5. The zero-order chi connectivity index (χ0) is 18.4. The standard InChI is InChI=1S/C20H21N5O/c1-15(21)25(12-11-16-5-3-2-4-6-16)20(26)24-19-9-7-17(8-10-19)18-13-22-23-14-18/h2-10,13-14,21H,11-12H2,1H3,(H,22,23)(H,24,26). The van der Waals surface area contributed by atoms with E-state index in [-0.39, 0.29) is 11.9 Å². The summed E-state index contributed by atoms with van der Waals surface area (Å²) in [5.74, 6) is 0.216. The predicted molar refractivity (Wildman–Crippen MR) is 103 cm³/mol. The third-order valence-corrected chi connectivity index (χ3v) is 4.08. The topological polar surface area (TPSA) is 84.9 Å². The number of amides is 2. The van der Waals surface area contributed by atoms with Crippen molar-refractivity contribution in [2.75, 3.05) is 11.9 Å². The molecule has 1 aromatic heterocycles. The third kappa shape index (κ3) is 4.36. The Morgan fingerprint density at radius 3 is 2.46 bits per heavy atom. The first-order chi connectivity index (χ1) is 12.6. The van der Waals surface area contributed by atoms with Crippen LogP contribution in [-0.4, -0.2) is 33.5 Å². The molecule has 2 aromatic carbocycles. The summed E-state index contributed by atoms with van der Waals surface area (Å²) in [4.78, 5) is 14.0. The van der Waals surface area contributed by atoms with Crippen molar-refractivity contribution in [3.05, 3.63) is 72.6 Å². The Bertz CT molecular complexity index is 857. The number of amidine groups is 1. The average Bonchev–Trinajstić information content (AvgIpc) is 3.18. The molecule has 0 bridgehead atoms. The molecule has 0 aliphatic carbocycles. The number of H-pyrrole nitrogens is 1. The molecule has 0 aliphatic rings. The van der Waals surface area contributed by atoms with Crippen LogP contribution in [0.4, 0.5) is 10.5 Å². The highest BCUT2D eigenvalue weighted by atomic mass is 16.2. The first-order valence-corrected chi connectivity index (χ1v) is 8.40. The van der Waals surface area contributed by atoms with Crippen LogP contribution in [0.5, 0.6) is 0 Å². The number of benzene rings is 2. The summed E-state index contributed by atoms with van der Waals surface area (Å²) in [7, 11) is 0. The second-order valence-electron chi connectivity index (χ2n) is 5.97. The van der Waals surface area contributed by atoms with Gasteiger partial charge in [-0.05, 0) is 36.6 Å². The van der Waals surface area contributed by atoms with Crippen LogP contribution in [0.3, 0.4) is 0 Å². The van der Waals surface area contributed by atoms with Crippen molar-refractivity contribution in [1.29, 1.82) is 5.41 Å². The van der Waals surface area contributed by atoms with E-state index in [4.69, 9.17) is 5.41 Å². The molecule has 0 fully saturated rings. The Morgan fingerprint density at radius 2 is 1.85 bits per heavy atom. The summed E-state index contributed by atoms with van der Waals surface area (Å²) in [5.41, 5.74) is 3.83. The largest absolute Gasteiger partial charge is 0.327 e. The molecule has 0 spiro atoms. The number of nitrogens with one attached hydrogen (secondary N) is 3. The number of hydrogen-bond donors (Lipinski definition) is 3.